The number of rotatable bonds is 4. The average Bonchev–Trinajstić information content (AvgIpc) is 2.40. The van der Waals surface area contributed by atoms with Crippen LogP contribution in [-0.4, -0.2) is 19.8 Å². The third-order valence-corrected chi connectivity index (χ3v) is 2.41. The van der Waals surface area contributed by atoms with Crippen LogP contribution >= 0.6 is 11.6 Å². The van der Waals surface area contributed by atoms with Crippen molar-refractivity contribution in [2.45, 2.75) is 0 Å². The highest BCUT2D eigenvalue weighted by Gasteiger charge is 2.24. The summed E-state index contributed by atoms with van der Waals surface area (Å²) in [6.07, 6.45) is 0.792. The molecule has 2 aromatic rings. The Balaban J connectivity index is 2.50. The quantitative estimate of drug-likeness (QED) is 0.483. The van der Waals surface area contributed by atoms with Crippen molar-refractivity contribution >= 4 is 23.0 Å². The molecule has 0 amide bonds. The Hall–Kier alpha value is -2.88. The maximum Gasteiger partial charge on any atom is 0.349 e. The van der Waals surface area contributed by atoms with Gasteiger partial charge in [0.15, 0.2) is 0 Å². The summed E-state index contributed by atoms with van der Waals surface area (Å²) in [5, 5.41) is 21.3. The zero-order chi connectivity index (χ0) is 15.6. The molecule has 1 heterocycles. The smallest absolute Gasteiger partial charge is 0.349 e. The van der Waals surface area contributed by atoms with Crippen LogP contribution in [0.3, 0.4) is 0 Å². The molecule has 1 aromatic carbocycles. The van der Waals surface area contributed by atoms with Gasteiger partial charge in [0, 0.05) is 0 Å². The molecule has 0 aliphatic rings. The molecule has 2 rings (SSSR count). The van der Waals surface area contributed by atoms with E-state index in [1.54, 1.807) is 0 Å². The number of hydrogen-bond donors (Lipinski definition) is 0. The van der Waals surface area contributed by atoms with E-state index in [0.29, 0.717) is 6.07 Å². The number of halogens is 2. The van der Waals surface area contributed by atoms with Gasteiger partial charge in [-0.25, -0.2) is 9.37 Å². The van der Waals surface area contributed by atoms with Crippen molar-refractivity contribution in [3.63, 3.8) is 0 Å². The lowest BCUT2D eigenvalue weighted by atomic mass is 10.3. The molecule has 0 saturated heterocycles. The van der Waals surface area contributed by atoms with Gasteiger partial charge in [-0.1, -0.05) is 0 Å². The molecule has 0 radical (unpaired) electrons. The van der Waals surface area contributed by atoms with Gasteiger partial charge in [-0.15, -0.1) is 0 Å². The number of ether oxygens (including phenoxy) is 1. The SMILES string of the molecule is O=[N+]([O-])c1cc(F)ccc1Oc1nc(Cl)ncc1[N+](=O)[O-]. The molecule has 0 aliphatic carbocycles. The first-order valence-electron chi connectivity index (χ1n) is 5.17. The fourth-order valence-electron chi connectivity index (χ4n) is 1.36. The molecule has 0 aliphatic heterocycles. The van der Waals surface area contributed by atoms with Gasteiger partial charge in [0.25, 0.3) is 0 Å². The van der Waals surface area contributed by atoms with Crippen LogP contribution in [0.4, 0.5) is 15.8 Å². The first kappa shape index (κ1) is 14.5. The second-order valence-electron chi connectivity index (χ2n) is 3.56. The first-order chi connectivity index (χ1) is 9.88. The van der Waals surface area contributed by atoms with E-state index in [9.17, 15) is 24.6 Å². The summed E-state index contributed by atoms with van der Waals surface area (Å²) in [6, 6.07) is 2.47. The number of aromatic nitrogens is 2. The summed E-state index contributed by atoms with van der Waals surface area (Å²) < 4.78 is 18.0. The van der Waals surface area contributed by atoms with Crippen LogP contribution in [-0.2, 0) is 0 Å². The van der Waals surface area contributed by atoms with E-state index in [2.05, 4.69) is 9.97 Å². The summed E-state index contributed by atoms with van der Waals surface area (Å²) in [6.45, 7) is 0. The Morgan fingerprint density at radius 3 is 2.48 bits per heavy atom. The average molecular weight is 315 g/mol. The van der Waals surface area contributed by atoms with E-state index in [-0.39, 0.29) is 5.28 Å². The predicted molar refractivity (Wildman–Crippen MR) is 66.8 cm³/mol. The molecule has 0 spiro atoms. The summed E-state index contributed by atoms with van der Waals surface area (Å²) in [7, 11) is 0. The monoisotopic (exact) mass is 314 g/mol. The van der Waals surface area contributed by atoms with Gasteiger partial charge in [0.1, 0.15) is 12.0 Å². The third-order valence-electron chi connectivity index (χ3n) is 2.23. The van der Waals surface area contributed by atoms with Crippen molar-refractivity contribution in [2.24, 2.45) is 0 Å². The molecular formula is C10H4ClFN4O5. The van der Waals surface area contributed by atoms with Gasteiger partial charge < -0.3 is 4.74 Å². The Morgan fingerprint density at radius 2 is 1.86 bits per heavy atom. The zero-order valence-electron chi connectivity index (χ0n) is 9.90. The van der Waals surface area contributed by atoms with Gasteiger partial charge in [0.2, 0.25) is 11.0 Å². The minimum atomic E-state index is -0.896. The molecule has 0 N–H and O–H groups in total. The highest BCUT2D eigenvalue weighted by molar-refractivity contribution is 6.28. The lowest BCUT2D eigenvalue weighted by Crippen LogP contribution is -2.00. The normalized spacial score (nSPS) is 10.2. The summed E-state index contributed by atoms with van der Waals surface area (Å²) in [5.41, 5.74) is -1.35. The number of nitro benzene ring substituents is 1. The minimum absolute atomic E-state index is 0.347. The van der Waals surface area contributed by atoms with Crippen LogP contribution in [0.15, 0.2) is 24.4 Å². The largest absolute Gasteiger partial charge is 0.426 e. The van der Waals surface area contributed by atoms with Crippen LogP contribution in [0.25, 0.3) is 0 Å². The maximum absolute atomic E-state index is 13.0. The van der Waals surface area contributed by atoms with Crippen molar-refractivity contribution in [3.8, 4) is 11.6 Å². The van der Waals surface area contributed by atoms with Gasteiger partial charge in [-0.05, 0) is 23.7 Å². The second kappa shape index (κ2) is 5.63. The molecule has 0 atom stereocenters. The molecule has 0 unspecified atom stereocenters. The van der Waals surface area contributed by atoms with E-state index >= 15 is 0 Å². The van der Waals surface area contributed by atoms with Crippen LogP contribution in [0.1, 0.15) is 0 Å². The van der Waals surface area contributed by atoms with Gasteiger partial charge in [0.05, 0.1) is 15.9 Å². The van der Waals surface area contributed by atoms with Crippen LogP contribution in [0.5, 0.6) is 11.6 Å². The molecule has 21 heavy (non-hydrogen) atoms. The zero-order valence-corrected chi connectivity index (χ0v) is 10.7. The standard InChI is InChI=1S/C10H4ClFN4O5/c11-10-13-4-7(16(19)20)9(14-10)21-8-2-1-5(12)3-6(8)15(17)18/h1-4H. The van der Waals surface area contributed by atoms with E-state index in [0.717, 1.165) is 18.3 Å². The molecule has 0 saturated carbocycles. The Bertz CT molecular complexity index is 741. The molecule has 11 heteroatoms. The minimum Gasteiger partial charge on any atom is -0.426 e. The fraction of sp³-hybridized carbons (Fsp3) is 0. The lowest BCUT2D eigenvalue weighted by molar-refractivity contribution is -0.388. The Morgan fingerprint density at radius 1 is 1.19 bits per heavy atom. The molecule has 108 valence electrons. The van der Waals surface area contributed by atoms with E-state index < -0.39 is 38.7 Å². The van der Waals surface area contributed by atoms with Gasteiger partial charge >= 0.3 is 17.3 Å². The Labute approximate surface area is 120 Å². The van der Waals surface area contributed by atoms with Crippen molar-refractivity contribution < 1.29 is 19.0 Å². The third kappa shape index (κ3) is 3.17. The van der Waals surface area contributed by atoms with E-state index in [1.807, 2.05) is 0 Å². The molecular weight excluding hydrogens is 311 g/mol. The summed E-state index contributed by atoms with van der Waals surface area (Å²) in [4.78, 5) is 26.8. The van der Waals surface area contributed by atoms with Crippen molar-refractivity contribution in [1.82, 2.24) is 9.97 Å². The van der Waals surface area contributed by atoms with E-state index in [4.69, 9.17) is 16.3 Å². The molecule has 0 fully saturated rings. The summed E-state index contributed by atoms with van der Waals surface area (Å²) in [5.74, 6) is -1.86. The topological polar surface area (TPSA) is 121 Å². The van der Waals surface area contributed by atoms with Crippen LogP contribution in [0.2, 0.25) is 5.28 Å². The number of benzene rings is 1. The predicted octanol–water partition coefficient (Wildman–Crippen LogP) is 2.88. The highest BCUT2D eigenvalue weighted by atomic mass is 35.5. The van der Waals surface area contributed by atoms with Crippen LogP contribution in [0, 0.1) is 26.0 Å². The number of hydrogen-bond acceptors (Lipinski definition) is 7. The molecule has 0 bridgehead atoms. The molecule has 9 nitrogen and oxygen atoms in total. The Kier molecular flexibility index (Phi) is 3.89. The number of nitro groups is 2. The highest BCUT2D eigenvalue weighted by Crippen LogP contribution is 2.35. The van der Waals surface area contributed by atoms with Gasteiger partial charge in [-0.3, -0.25) is 20.2 Å². The second-order valence-corrected chi connectivity index (χ2v) is 3.90. The van der Waals surface area contributed by atoms with Crippen molar-refractivity contribution in [1.29, 1.82) is 0 Å². The summed E-state index contributed by atoms with van der Waals surface area (Å²) >= 11 is 5.50. The van der Waals surface area contributed by atoms with Crippen molar-refractivity contribution in [3.05, 3.63) is 55.7 Å². The lowest BCUT2D eigenvalue weighted by Gasteiger charge is -2.05. The van der Waals surface area contributed by atoms with Gasteiger partial charge in [-0.2, -0.15) is 4.98 Å². The fourth-order valence-corrected chi connectivity index (χ4v) is 1.49. The number of nitrogens with zero attached hydrogens (tertiary/aromatic N) is 4. The molecule has 1 aromatic heterocycles. The van der Waals surface area contributed by atoms with Crippen molar-refractivity contribution in [2.75, 3.05) is 0 Å². The first-order valence-corrected chi connectivity index (χ1v) is 5.55. The van der Waals surface area contributed by atoms with Crippen LogP contribution < -0.4 is 4.74 Å². The van der Waals surface area contributed by atoms with E-state index in [1.165, 1.54) is 0 Å². The maximum atomic E-state index is 13.0.